The van der Waals surface area contributed by atoms with E-state index in [9.17, 15) is 19.5 Å². The number of amides is 2. The Balaban J connectivity index is 1.26. The van der Waals surface area contributed by atoms with E-state index in [2.05, 4.69) is 40.0 Å². The van der Waals surface area contributed by atoms with Gasteiger partial charge < -0.3 is 20.5 Å². The van der Waals surface area contributed by atoms with Crippen LogP contribution in [0.2, 0.25) is 0 Å². The summed E-state index contributed by atoms with van der Waals surface area (Å²) < 4.78 is 6.82. The molecule has 0 spiro atoms. The second kappa shape index (κ2) is 9.78. The molecule has 9 heteroatoms. The van der Waals surface area contributed by atoms with Crippen molar-refractivity contribution in [1.82, 2.24) is 15.1 Å². The third-order valence-electron chi connectivity index (χ3n) is 5.93. The van der Waals surface area contributed by atoms with Crippen molar-refractivity contribution in [3.05, 3.63) is 71.5 Å². The van der Waals surface area contributed by atoms with Gasteiger partial charge in [0.25, 0.3) is 0 Å². The molecule has 9 nitrogen and oxygen atoms in total. The van der Waals surface area contributed by atoms with E-state index in [1.807, 2.05) is 24.3 Å². The minimum absolute atomic E-state index is 0.0224. The summed E-state index contributed by atoms with van der Waals surface area (Å²) in [5.41, 5.74) is 4.50. The molecule has 1 aliphatic carbocycles. The van der Waals surface area contributed by atoms with Gasteiger partial charge >= 0.3 is 12.1 Å². The SMILES string of the molecule is CC(CCNC(=O)OCC1c2ccccc2-c2ccccc21)C(=O)Nc1cn(C)nc1C(=O)O. The summed E-state index contributed by atoms with van der Waals surface area (Å²) in [6.45, 7) is 2.16. The standard InChI is InChI=1S/C25H26N4O5/c1-15(23(30)27-21-13-29(2)28-22(21)24(31)32)11-12-26-25(33)34-14-20-18-9-5-3-7-16(18)17-8-4-6-10-19(17)20/h3-10,13,15,20H,11-12,14H2,1-2H3,(H,26,33)(H,27,30)(H,31,32). The van der Waals surface area contributed by atoms with Crippen LogP contribution in [0.25, 0.3) is 11.1 Å². The fourth-order valence-electron chi connectivity index (χ4n) is 4.17. The summed E-state index contributed by atoms with van der Waals surface area (Å²) >= 11 is 0. The van der Waals surface area contributed by atoms with Gasteiger partial charge in [0.1, 0.15) is 6.61 Å². The summed E-state index contributed by atoms with van der Waals surface area (Å²) in [5, 5.41) is 18.3. The van der Waals surface area contributed by atoms with Gasteiger partial charge in [0.2, 0.25) is 5.91 Å². The highest BCUT2D eigenvalue weighted by Gasteiger charge is 2.29. The number of carbonyl (C=O) groups is 3. The van der Waals surface area contributed by atoms with Crippen LogP contribution in [0.4, 0.5) is 10.5 Å². The van der Waals surface area contributed by atoms with E-state index in [-0.39, 0.29) is 36.4 Å². The molecule has 176 valence electrons. The largest absolute Gasteiger partial charge is 0.476 e. The molecule has 1 aliphatic rings. The van der Waals surface area contributed by atoms with Crippen LogP contribution >= 0.6 is 0 Å². The summed E-state index contributed by atoms with van der Waals surface area (Å²) in [5.74, 6) is -2.06. The van der Waals surface area contributed by atoms with Crippen molar-refractivity contribution < 1.29 is 24.2 Å². The van der Waals surface area contributed by atoms with Crippen LogP contribution in [0, 0.1) is 5.92 Å². The highest BCUT2D eigenvalue weighted by Crippen LogP contribution is 2.44. The van der Waals surface area contributed by atoms with Gasteiger partial charge in [-0.25, -0.2) is 9.59 Å². The fraction of sp³-hybridized carbons (Fsp3) is 0.280. The lowest BCUT2D eigenvalue weighted by atomic mass is 9.98. The van der Waals surface area contributed by atoms with Gasteiger partial charge in [-0.2, -0.15) is 5.10 Å². The van der Waals surface area contributed by atoms with Crippen molar-refractivity contribution in [1.29, 1.82) is 0 Å². The number of benzene rings is 2. The van der Waals surface area contributed by atoms with Crippen molar-refractivity contribution in [2.45, 2.75) is 19.3 Å². The first-order chi connectivity index (χ1) is 16.3. The van der Waals surface area contributed by atoms with Crippen LogP contribution in [0.5, 0.6) is 0 Å². The Morgan fingerprint density at radius 1 is 1.09 bits per heavy atom. The number of aromatic nitrogens is 2. The number of ether oxygens (including phenoxy) is 1. The molecule has 34 heavy (non-hydrogen) atoms. The van der Waals surface area contributed by atoms with Crippen LogP contribution in [-0.4, -0.2) is 46.0 Å². The van der Waals surface area contributed by atoms with Crippen molar-refractivity contribution in [2.24, 2.45) is 13.0 Å². The molecule has 0 saturated heterocycles. The number of carboxylic acid groups (broad SMARTS) is 1. The number of nitrogens with zero attached hydrogens (tertiary/aromatic N) is 2. The van der Waals surface area contributed by atoms with Gasteiger partial charge in [-0.05, 0) is 28.7 Å². The van der Waals surface area contributed by atoms with Crippen LogP contribution in [-0.2, 0) is 16.6 Å². The number of hydrogen-bond acceptors (Lipinski definition) is 5. The second-order valence-corrected chi connectivity index (χ2v) is 8.30. The Kier molecular flexibility index (Phi) is 6.62. The topological polar surface area (TPSA) is 123 Å². The third-order valence-corrected chi connectivity index (χ3v) is 5.93. The van der Waals surface area contributed by atoms with Crippen molar-refractivity contribution in [3.8, 4) is 11.1 Å². The van der Waals surface area contributed by atoms with E-state index in [0.717, 1.165) is 22.3 Å². The molecule has 4 rings (SSSR count). The summed E-state index contributed by atoms with van der Waals surface area (Å²) in [7, 11) is 1.57. The average molecular weight is 463 g/mol. The highest BCUT2D eigenvalue weighted by molar-refractivity contribution is 5.99. The van der Waals surface area contributed by atoms with E-state index >= 15 is 0 Å². The third kappa shape index (κ3) is 4.78. The Hall–Kier alpha value is -4.14. The first-order valence-electron chi connectivity index (χ1n) is 11.0. The van der Waals surface area contributed by atoms with E-state index < -0.39 is 18.0 Å². The Morgan fingerprint density at radius 3 is 2.32 bits per heavy atom. The number of carboxylic acids is 1. The molecule has 2 aromatic carbocycles. The zero-order valence-corrected chi connectivity index (χ0v) is 18.9. The molecule has 1 unspecified atom stereocenters. The van der Waals surface area contributed by atoms with E-state index in [4.69, 9.17) is 4.74 Å². The smallest absolute Gasteiger partial charge is 0.407 e. The van der Waals surface area contributed by atoms with Gasteiger partial charge in [0, 0.05) is 31.6 Å². The molecule has 2 amide bonds. The average Bonchev–Trinajstić information content (AvgIpc) is 3.35. The van der Waals surface area contributed by atoms with Gasteiger partial charge in [-0.15, -0.1) is 0 Å². The molecule has 3 N–H and O–H groups in total. The number of anilines is 1. The summed E-state index contributed by atoms with van der Waals surface area (Å²) in [6.07, 6.45) is 1.25. The number of alkyl carbamates (subject to hydrolysis) is 1. The van der Waals surface area contributed by atoms with Crippen molar-refractivity contribution in [2.75, 3.05) is 18.5 Å². The minimum atomic E-state index is -1.22. The van der Waals surface area contributed by atoms with Crippen LogP contribution in [0.3, 0.4) is 0 Å². The maximum atomic E-state index is 12.4. The highest BCUT2D eigenvalue weighted by atomic mass is 16.5. The molecule has 0 aliphatic heterocycles. The molecular formula is C25H26N4O5. The van der Waals surface area contributed by atoms with E-state index in [1.165, 1.54) is 10.9 Å². The Labute approximate surface area is 196 Å². The lowest BCUT2D eigenvalue weighted by Gasteiger charge is -2.15. The van der Waals surface area contributed by atoms with Gasteiger partial charge in [0.15, 0.2) is 5.69 Å². The number of fused-ring (bicyclic) bond motifs is 3. The van der Waals surface area contributed by atoms with Crippen LogP contribution in [0.15, 0.2) is 54.7 Å². The van der Waals surface area contributed by atoms with Gasteiger partial charge in [0.05, 0.1) is 5.69 Å². The summed E-state index contributed by atoms with van der Waals surface area (Å²) in [6, 6.07) is 16.2. The zero-order chi connectivity index (χ0) is 24.2. The second-order valence-electron chi connectivity index (χ2n) is 8.30. The predicted octanol–water partition coefficient (Wildman–Crippen LogP) is 3.62. The minimum Gasteiger partial charge on any atom is -0.476 e. The number of hydrogen-bond donors (Lipinski definition) is 3. The lowest BCUT2D eigenvalue weighted by molar-refractivity contribution is -0.119. The predicted molar refractivity (Wildman–Crippen MR) is 126 cm³/mol. The lowest BCUT2D eigenvalue weighted by Crippen LogP contribution is -2.30. The molecule has 0 fully saturated rings. The zero-order valence-electron chi connectivity index (χ0n) is 18.9. The quantitative estimate of drug-likeness (QED) is 0.470. The molecule has 0 saturated carbocycles. The van der Waals surface area contributed by atoms with Gasteiger partial charge in [-0.3, -0.25) is 9.48 Å². The summed E-state index contributed by atoms with van der Waals surface area (Å²) in [4.78, 5) is 35.9. The molecule has 0 radical (unpaired) electrons. The molecule has 3 aromatic rings. The fourth-order valence-corrected chi connectivity index (χ4v) is 4.17. The van der Waals surface area contributed by atoms with E-state index in [1.54, 1.807) is 14.0 Å². The Morgan fingerprint density at radius 2 is 1.71 bits per heavy atom. The van der Waals surface area contributed by atoms with Crippen LogP contribution in [0.1, 0.15) is 40.9 Å². The number of rotatable bonds is 8. The van der Waals surface area contributed by atoms with Crippen LogP contribution < -0.4 is 10.6 Å². The number of nitrogens with one attached hydrogen (secondary N) is 2. The molecule has 1 heterocycles. The van der Waals surface area contributed by atoms with Gasteiger partial charge in [-0.1, -0.05) is 55.5 Å². The molecule has 1 atom stereocenters. The number of aryl methyl sites for hydroxylation is 1. The normalized spacial score (nSPS) is 13.0. The number of aromatic carboxylic acids is 1. The van der Waals surface area contributed by atoms with Crippen molar-refractivity contribution >= 4 is 23.7 Å². The maximum Gasteiger partial charge on any atom is 0.407 e. The van der Waals surface area contributed by atoms with E-state index in [0.29, 0.717) is 6.42 Å². The molecule has 1 aromatic heterocycles. The first-order valence-corrected chi connectivity index (χ1v) is 11.0. The maximum absolute atomic E-state index is 12.4. The molecule has 0 bridgehead atoms. The Bertz CT molecular complexity index is 1190. The monoisotopic (exact) mass is 462 g/mol. The molecular weight excluding hydrogens is 436 g/mol. The number of carbonyl (C=O) groups excluding carboxylic acids is 2. The van der Waals surface area contributed by atoms with Crippen molar-refractivity contribution in [3.63, 3.8) is 0 Å². The first kappa shape index (κ1) is 23.0.